The van der Waals surface area contributed by atoms with Gasteiger partial charge in [-0.25, -0.2) is 4.79 Å². The lowest BCUT2D eigenvalue weighted by Gasteiger charge is -2.38. The van der Waals surface area contributed by atoms with Crippen LogP contribution in [0.2, 0.25) is 0 Å². The highest BCUT2D eigenvalue weighted by Crippen LogP contribution is 2.61. The molecule has 10 unspecified atom stereocenters. The Morgan fingerprint density at radius 2 is 1.94 bits per heavy atom. The molecular formula is C39H61N7O5. The van der Waals surface area contributed by atoms with E-state index in [-0.39, 0.29) is 48.8 Å². The number of piperidine rings is 1. The maximum Gasteiger partial charge on any atom is 0.350 e. The number of hydrogen-bond donors (Lipinski definition) is 6. The van der Waals surface area contributed by atoms with Crippen molar-refractivity contribution in [2.24, 2.45) is 40.3 Å². The third kappa shape index (κ3) is 7.62. The van der Waals surface area contributed by atoms with E-state index in [0.717, 1.165) is 63.6 Å². The second kappa shape index (κ2) is 16.4. The molecule has 6 aliphatic rings. The second-order valence-electron chi connectivity index (χ2n) is 15.7. The van der Waals surface area contributed by atoms with Crippen molar-refractivity contribution in [3.63, 3.8) is 0 Å². The molecule has 51 heavy (non-hydrogen) atoms. The Bertz CT molecular complexity index is 1430. The van der Waals surface area contributed by atoms with Crippen LogP contribution in [-0.4, -0.2) is 93.4 Å². The van der Waals surface area contributed by atoms with E-state index in [2.05, 4.69) is 56.7 Å². The first kappa shape index (κ1) is 37.8. The minimum atomic E-state index is -1.87. The van der Waals surface area contributed by atoms with Gasteiger partial charge in [0.2, 0.25) is 0 Å². The molecule has 4 aliphatic carbocycles. The van der Waals surface area contributed by atoms with E-state index in [4.69, 9.17) is 15.2 Å². The van der Waals surface area contributed by atoms with E-state index in [1.54, 1.807) is 7.05 Å². The highest BCUT2D eigenvalue weighted by atomic mass is 16.7. The van der Waals surface area contributed by atoms with Crippen molar-refractivity contribution in [2.75, 3.05) is 40.5 Å². The van der Waals surface area contributed by atoms with Crippen molar-refractivity contribution in [1.29, 1.82) is 0 Å². The number of carbonyl (C=O) groups is 3. The van der Waals surface area contributed by atoms with E-state index in [1.807, 2.05) is 20.0 Å². The Labute approximate surface area is 303 Å². The molecule has 0 aromatic rings. The van der Waals surface area contributed by atoms with Crippen molar-refractivity contribution < 1.29 is 23.9 Å². The Morgan fingerprint density at radius 1 is 1.16 bits per heavy atom. The summed E-state index contributed by atoms with van der Waals surface area (Å²) >= 11 is 0. The lowest BCUT2D eigenvalue weighted by Crippen LogP contribution is -2.58. The monoisotopic (exact) mass is 707 g/mol. The van der Waals surface area contributed by atoms with Crippen molar-refractivity contribution in [3.8, 4) is 0 Å². The van der Waals surface area contributed by atoms with E-state index in [1.165, 1.54) is 5.57 Å². The average Bonchev–Trinajstić information content (AvgIpc) is 3.86. The van der Waals surface area contributed by atoms with Crippen molar-refractivity contribution in [1.82, 2.24) is 26.6 Å². The summed E-state index contributed by atoms with van der Waals surface area (Å²) in [6.45, 7) is 6.67. The van der Waals surface area contributed by atoms with Crippen molar-refractivity contribution in [3.05, 3.63) is 35.5 Å². The summed E-state index contributed by atoms with van der Waals surface area (Å²) in [4.78, 5) is 47.1. The molecule has 12 heteroatoms. The molecule has 12 nitrogen and oxygen atoms in total. The van der Waals surface area contributed by atoms with Crippen LogP contribution in [0.4, 0.5) is 0 Å². The van der Waals surface area contributed by atoms with Gasteiger partial charge >= 0.3 is 5.97 Å². The van der Waals surface area contributed by atoms with Crippen molar-refractivity contribution >= 4 is 23.5 Å². The second-order valence-corrected chi connectivity index (χ2v) is 15.7. The number of nitrogens with one attached hydrogen (secondary N) is 5. The minimum Gasteiger partial charge on any atom is -0.463 e. The Hall–Kier alpha value is -2.90. The van der Waals surface area contributed by atoms with Crippen LogP contribution in [0.15, 0.2) is 40.4 Å². The third-order valence-electron chi connectivity index (χ3n) is 12.5. The van der Waals surface area contributed by atoms with E-state index in [0.29, 0.717) is 43.7 Å². The predicted molar refractivity (Wildman–Crippen MR) is 198 cm³/mol. The van der Waals surface area contributed by atoms with Crippen LogP contribution in [0.1, 0.15) is 84.5 Å². The SMILES string of the molecule is CCNC1C=C2C=CCCC2CC1COC(=O)C12OC1(CC=C(C)CC(NC(N)=NC)C1CCNC(NCNC)C1)C(=O)C1CCCCC1C2=O. The zero-order chi connectivity index (χ0) is 36.2. The van der Waals surface area contributed by atoms with Crippen LogP contribution in [0.3, 0.4) is 0 Å². The minimum absolute atomic E-state index is 0.0130. The molecule has 10 atom stereocenters. The highest BCUT2D eigenvalue weighted by Gasteiger charge is 2.86. The van der Waals surface area contributed by atoms with Gasteiger partial charge in [-0.1, -0.05) is 49.6 Å². The molecule has 2 saturated carbocycles. The molecule has 2 saturated heterocycles. The summed E-state index contributed by atoms with van der Waals surface area (Å²) in [5.41, 5.74) is 5.20. The largest absolute Gasteiger partial charge is 0.463 e. The van der Waals surface area contributed by atoms with E-state index in [9.17, 15) is 14.4 Å². The first-order valence-corrected chi connectivity index (χ1v) is 19.5. The van der Waals surface area contributed by atoms with Gasteiger partial charge < -0.3 is 36.5 Å². The van der Waals surface area contributed by atoms with Gasteiger partial charge in [0.1, 0.15) is 0 Å². The van der Waals surface area contributed by atoms with Crippen molar-refractivity contribution in [2.45, 2.75) is 114 Å². The van der Waals surface area contributed by atoms with Crippen LogP contribution in [0.5, 0.6) is 0 Å². The number of nitrogens with zero attached hydrogens (tertiary/aromatic N) is 1. The molecule has 0 aromatic carbocycles. The molecule has 282 valence electrons. The lowest BCUT2D eigenvalue weighted by atomic mass is 9.61. The number of nitrogens with two attached hydrogens (primary N) is 1. The summed E-state index contributed by atoms with van der Waals surface area (Å²) in [5.74, 6) is -0.732. The zero-order valence-corrected chi connectivity index (χ0v) is 31.1. The predicted octanol–water partition coefficient (Wildman–Crippen LogP) is 2.61. The molecule has 0 spiro atoms. The number of ketones is 2. The van der Waals surface area contributed by atoms with Gasteiger partial charge in [-0.3, -0.25) is 19.9 Å². The van der Waals surface area contributed by atoms with E-state index >= 15 is 0 Å². The molecule has 0 aromatic heterocycles. The molecular weight excluding hydrogens is 646 g/mol. The molecule has 0 bridgehead atoms. The number of hydrogen-bond acceptors (Lipinski definition) is 10. The lowest BCUT2D eigenvalue weighted by molar-refractivity contribution is -0.160. The number of Topliss-reactive ketones (excluding diaryl/α,β-unsaturated/α-hetero) is 2. The third-order valence-corrected chi connectivity index (χ3v) is 12.5. The van der Waals surface area contributed by atoms with Gasteiger partial charge in [0.15, 0.2) is 23.1 Å². The average molecular weight is 708 g/mol. The summed E-state index contributed by atoms with van der Waals surface area (Å²) in [5, 5.41) is 17.2. The Kier molecular flexibility index (Phi) is 12.2. The summed E-state index contributed by atoms with van der Waals surface area (Å²) in [6, 6.07) is 0.0814. The van der Waals surface area contributed by atoms with Crippen LogP contribution in [0.25, 0.3) is 0 Å². The number of likely N-dealkylation sites (N-methyl/N-ethyl adjacent to an activating group) is 1. The summed E-state index contributed by atoms with van der Waals surface area (Å²) in [6.07, 6.45) is 17.7. The number of fused-ring (bicyclic) bond motifs is 3. The Morgan fingerprint density at radius 3 is 2.69 bits per heavy atom. The number of guanidine groups is 1. The van der Waals surface area contributed by atoms with Gasteiger partial charge in [-0.2, -0.15) is 0 Å². The number of ether oxygens (including phenoxy) is 2. The molecule has 2 heterocycles. The van der Waals surface area contributed by atoms with Gasteiger partial charge in [-0.05, 0) is 95.8 Å². The fraction of sp³-hybridized carbons (Fsp3) is 0.744. The molecule has 7 N–H and O–H groups in total. The van der Waals surface area contributed by atoms with Crippen LogP contribution < -0.4 is 32.3 Å². The standard InChI is InChI=1S/C39H61N7O5/c1-5-43-31-20-26-11-7-6-10-25(26)19-28(31)22-50-36(49)39-35(48)30-13-9-8-12-29(30)34(47)38(39,51-39)16-14-24(2)18-32(46-37(40)42-4)27-15-17-44-33(21-27)45-23-41-3/h7,11,14,20,25,27-33,41,43-45H,5-6,8-10,12-13,15-19,21-23H2,1-4H3,(H3,40,42,46). The molecule has 0 amide bonds. The normalized spacial score (nSPS) is 37.1. The molecule has 0 radical (unpaired) electrons. The first-order valence-electron chi connectivity index (χ1n) is 19.5. The number of rotatable bonds is 14. The van der Waals surface area contributed by atoms with E-state index < -0.39 is 29.0 Å². The number of epoxide rings is 1. The summed E-state index contributed by atoms with van der Waals surface area (Å²) in [7, 11) is 3.59. The smallest absolute Gasteiger partial charge is 0.350 e. The fourth-order valence-corrected chi connectivity index (χ4v) is 9.69. The summed E-state index contributed by atoms with van der Waals surface area (Å²) < 4.78 is 12.4. The molecule has 6 rings (SSSR count). The van der Waals surface area contributed by atoms with Crippen LogP contribution in [0, 0.1) is 29.6 Å². The number of allylic oxidation sites excluding steroid dienone is 3. The quantitative estimate of drug-likeness (QED) is 0.0298. The zero-order valence-electron chi connectivity index (χ0n) is 31.1. The first-order chi connectivity index (χ1) is 24.7. The fourth-order valence-electron chi connectivity index (χ4n) is 9.69. The molecule has 4 fully saturated rings. The number of carbonyl (C=O) groups excluding carboxylic acids is 3. The topological polar surface area (TPSA) is 171 Å². The Balaban J connectivity index is 1.20. The van der Waals surface area contributed by atoms with Gasteiger partial charge in [0.25, 0.3) is 5.60 Å². The van der Waals surface area contributed by atoms with Gasteiger partial charge in [0, 0.05) is 50.0 Å². The maximum atomic E-state index is 14.4. The van der Waals surface area contributed by atoms with Crippen LogP contribution in [-0.2, 0) is 23.9 Å². The number of esters is 1. The van der Waals surface area contributed by atoms with Gasteiger partial charge in [-0.15, -0.1) is 0 Å². The number of aliphatic imine (C=N–C) groups is 1. The van der Waals surface area contributed by atoms with Gasteiger partial charge in [0.05, 0.1) is 12.8 Å². The highest BCUT2D eigenvalue weighted by molar-refractivity contribution is 6.23. The maximum absolute atomic E-state index is 14.4. The van der Waals surface area contributed by atoms with Crippen LogP contribution >= 0.6 is 0 Å². The molecule has 2 aliphatic heterocycles.